The Labute approximate surface area is 131 Å². The first-order chi connectivity index (χ1) is 10.6. The first-order valence-corrected chi connectivity index (χ1v) is 7.96. The van der Waals surface area contributed by atoms with E-state index in [4.69, 9.17) is 0 Å². The molecule has 2 aliphatic heterocycles. The Kier molecular flexibility index (Phi) is 4.16. The lowest BCUT2D eigenvalue weighted by Crippen LogP contribution is -2.53. The molecule has 2 heterocycles. The molecule has 0 bridgehead atoms. The number of hydrogen-bond acceptors (Lipinski definition) is 3. The molecule has 0 spiro atoms. The van der Waals surface area contributed by atoms with Gasteiger partial charge in [0, 0.05) is 37.9 Å². The highest BCUT2D eigenvalue weighted by atomic mass is 16.2. The Bertz CT molecular complexity index is 570. The largest absolute Gasteiger partial charge is 0.339 e. The second-order valence-corrected chi connectivity index (χ2v) is 6.31. The molecule has 5 heteroatoms. The number of hydrogen-bond donors (Lipinski definition) is 1. The monoisotopic (exact) mass is 301 g/mol. The number of aryl methyl sites for hydroxylation is 1. The van der Waals surface area contributed by atoms with Crippen LogP contribution in [0.2, 0.25) is 0 Å². The molecule has 3 rings (SSSR count). The summed E-state index contributed by atoms with van der Waals surface area (Å²) in [5.74, 6) is -0.570. The smallest absolute Gasteiger partial charge is 0.239 e. The molecule has 2 atom stereocenters. The molecule has 22 heavy (non-hydrogen) atoms. The van der Waals surface area contributed by atoms with E-state index in [1.165, 1.54) is 0 Å². The Morgan fingerprint density at radius 3 is 2.64 bits per heavy atom. The van der Waals surface area contributed by atoms with Crippen LogP contribution in [-0.2, 0) is 9.59 Å². The zero-order valence-corrected chi connectivity index (χ0v) is 13.2. The van der Waals surface area contributed by atoms with Crippen molar-refractivity contribution in [1.82, 2.24) is 10.2 Å². The van der Waals surface area contributed by atoms with Crippen LogP contribution in [-0.4, -0.2) is 48.9 Å². The second kappa shape index (κ2) is 6.08. The summed E-state index contributed by atoms with van der Waals surface area (Å²) in [7, 11) is 0. The van der Waals surface area contributed by atoms with E-state index in [9.17, 15) is 9.59 Å². The van der Waals surface area contributed by atoms with Crippen LogP contribution in [0.25, 0.3) is 0 Å². The van der Waals surface area contributed by atoms with Crippen LogP contribution in [0, 0.1) is 12.8 Å². The number of amides is 2. The van der Waals surface area contributed by atoms with Crippen LogP contribution in [0.1, 0.15) is 18.9 Å². The topological polar surface area (TPSA) is 52.7 Å². The first-order valence-electron chi connectivity index (χ1n) is 7.96. The third-order valence-electron chi connectivity index (χ3n) is 4.53. The van der Waals surface area contributed by atoms with Crippen molar-refractivity contribution in [1.29, 1.82) is 0 Å². The van der Waals surface area contributed by atoms with Gasteiger partial charge in [-0.1, -0.05) is 17.7 Å². The van der Waals surface area contributed by atoms with Crippen LogP contribution in [0.15, 0.2) is 24.3 Å². The summed E-state index contributed by atoms with van der Waals surface area (Å²) in [6, 6.07) is 8.19. The van der Waals surface area contributed by atoms with Crippen LogP contribution >= 0.6 is 0 Å². The van der Waals surface area contributed by atoms with E-state index >= 15 is 0 Å². The normalized spacial score (nSPS) is 25.6. The van der Waals surface area contributed by atoms with Crippen molar-refractivity contribution < 1.29 is 9.59 Å². The third kappa shape index (κ3) is 2.86. The Hall–Kier alpha value is -1.88. The van der Waals surface area contributed by atoms with Crippen molar-refractivity contribution in [3.05, 3.63) is 29.8 Å². The van der Waals surface area contributed by atoms with Gasteiger partial charge in [0.1, 0.15) is 5.92 Å². The molecule has 1 aromatic carbocycles. The number of rotatable bonds is 2. The van der Waals surface area contributed by atoms with E-state index in [2.05, 4.69) is 12.2 Å². The molecule has 2 fully saturated rings. The Balaban J connectivity index is 1.70. The van der Waals surface area contributed by atoms with Crippen LogP contribution in [0.3, 0.4) is 0 Å². The van der Waals surface area contributed by atoms with Crippen LogP contribution in [0.4, 0.5) is 5.69 Å². The lowest BCUT2D eigenvalue weighted by Gasteiger charge is -2.33. The molecule has 0 saturated carbocycles. The molecule has 0 aromatic heterocycles. The highest BCUT2D eigenvalue weighted by Gasteiger charge is 2.40. The van der Waals surface area contributed by atoms with Gasteiger partial charge in [-0.3, -0.25) is 9.59 Å². The van der Waals surface area contributed by atoms with Gasteiger partial charge in [0.05, 0.1) is 0 Å². The van der Waals surface area contributed by atoms with Gasteiger partial charge in [-0.05, 0) is 32.4 Å². The Morgan fingerprint density at radius 1 is 1.23 bits per heavy atom. The number of piperazine rings is 1. The zero-order chi connectivity index (χ0) is 15.7. The standard InChI is InChI=1S/C17H23N3O2/c1-12-3-5-14(6-4-12)20-9-7-15(17(20)22)16(21)19-10-8-18-13(2)11-19/h3-6,13,15,18H,7-11H2,1-2H3/t13-,15-/m0/s1. The van der Waals surface area contributed by atoms with Gasteiger partial charge in [0.2, 0.25) is 11.8 Å². The minimum atomic E-state index is -0.508. The minimum absolute atomic E-state index is 0.00652. The molecule has 2 aliphatic rings. The maximum Gasteiger partial charge on any atom is 0.239 e. The van der Waals surface area contributed by atoms with E-state index < -0.39 is 5.92 Å². The van der Waals surface area contributed by atoms with Crippen molar-refractivity contribution >= 4 is 17.5 Å². The number of carbonyl (C=O) groups is 2. The molecule has 118 valence electrons. The number of nitrogens with one attached hydrogen (secondary N) is 1. The van der Waals surface area contributed by atoms with E-state index in [-0.39, 0.29) is 11.8 Å². The number of carbonyl (C=O) groups excluding carboxylic acids is 2. The molecular formula is C17H23N3O2. The number of nitrogens with zero attached hydrogens (tertiary/aromatic N) is 2. The quantitative estimate of drug-likeness (QED) is 0.834. The summed E-state index contributed by atoms with van der Waals surface area (Å²) in [6.07, 6.45) is 0.615. The molecule has 2 amide bonds. The molecule has 5 nitrogen and oxygen atoms in total. The second-order valence-electron chi connectivity index (χ2n) is 6.31. The molecular weight excluding hydrogens is 278 g/mol. The first kappa shape index (κ1) is 15.0. The van der Waals surface area contributed by atoms with Gasteiger partial charge in [0.25, 0.3) is 0 Å². The van der Waals surface area contributed by atoms with Crippen LogP contribution < -0.4 is 10.2 Å². The average molecular weight is 301 g/mol. The summed E-state index contributed by atoms with van der Waals surface area (Å²) in [5.41, 5.74) is 2.05. The highest BCUT2D eigenvalue weighted by Crippen LogP contribution is 2.27. The summed E-state index contributed by atoms with van der Waals surface area (Å²) >= 11 is 0. The van der Waals surface area contributed by atoms with Gasteiger partial charge in [-0.2, -0.15) is 0 Å². The number of benzene rings is 1. The predicted octanol–water partition coefficient (Wildman–Crippen LogP) is 1.17. The van der Waals surface area contributed by atoms with Crippen molar-refractivity contribution in [2.45, 2.75) is 26.3 Å². The molecule has 1 N–H and O–H groups in total. The summed E-state index contributed by atoms with van der Waals surface area (Å²) < 4.78 is 0. The van der Waals surface area contributed by atoms with Crippen molar-refractivity contribution in [2.75, 3.05) is 31.1 Å². The van der Waals surface area contributed by atoms with E-state index in [1.54, 1.807) is 4.90 Å². The summed E-state index contributed by atoms with van der Waals surface area (Å²) in [5, 5.41) is 3.32. The fourth-order valence-corrected chi connectivity index (χ4v) is 3.24. The van der Waals surface area contributed by atoms with Crippen molar-refractivity contribution in [2.24, 2.45) is 5.92 Å². The van der Waals surface area contributed by atoms with E-state index in [1.807, 2.05) is 36.1 Å². The third-order valence-corrected chi connectivity index (χ3v) is 4.53. The summed E-state index contributed by atoms with van der Waals surface area (Å²) in [4.78, 5) is 28.8. The lowest BCUT2D eigenvalue weighted by molar-refractivity contribution is -0.140. The van der Waals surface area contributed by atoms with Gasteiger partial charge in [-0.25, -0.2) is 0 Å². The fourth-order valence-electron chi connectivity index (χ4n) is 3.24. The van der Waals surface area contributed by atoms with Gasteiger partial charge >= 0.3 is 0 Å². The van der Waals surface area contributed by atoms with Crippen LogP contribution in [0.5, 0.6) is 0 Å². The minimum Gasteiger partial charge on any atom is -0.339 e. The fraction of sp³-hybridized carbons (Fsp3) is 0.529. The average Bonchev–Trinajstić information content (AvgIpc) is 2.89. The van der Waals surface area contributed by atoms with Crippen molar-refractivity contribution in [3.8, 4) is 0 Å². The molecule has 2 saturated heterocycles. The molecule has 1 aromatic rings. The van der Waals surface area contributed by atoms with E-state index in [0.717, 1.165) is 17.8 Å². The highest BCUT2D eigenvalue weighted by molar-refractivity contribution is 6.09. The van der Waals surface area contributed by atoms with E-state index in [0.29, 0.717) is 32.1 Å². The van der Waals surface area contributed by atoms with Crippen molar-refractivity contribution in [3.63, 3.8) is 0 Å². The predicted molar refractivity (Wildman–Crippen MR) is 85.7 cm³/mol. The number of anilines is 1. The Morgan fingerprint density at radius 2 is 1.95 bits per heavy atom. The van der Waals surface area contributed by atoms with Gasteiger partial charge in [-0.15, -0.1) is 0 Å². The lowest BCUT2D eigenvalue weighted by atomic mass is 10.1. The maximum atomic E-state index is 12.6. The molecule has 0 aliphatic carbocycles. The van der Waals surface area contributed by atoms with Gasteiger partial charge in [0.15, 0.2) is 0 Å². The molecule has 0 radical (unpaired) electrons. The SMILES string of the molecule is Cc1ccc(N2CC[C@@H](C(=O)N3CCN[C@@H](C)C3)C2=O)cc1. The zero-order valence-electron chi connectivity index (χ0n) is 13.2. The summed E-state index contributed by atoms with van der Waals surface area (Å²) in [6.45, 7) is 6.89. The maximum absolute atomic E-state index is 12.6. The molecule has 0 unspecified atom stereocenters. The van der Waals surface area contributed by atoms with Gasteiger partial charge < -0.3 is 15.1 Å².